The van der Waals surface area contributed by atoms with Crippen LogP contribution in [0.4, 0.5) is 0 Å². The largest absolute Gasteiger partial charge is 0.497 e. The van der Waals surface area contributed by atoms with Crippen molar-refractivity contribution < 1.29 is 18.4 Å². The molecule has 1 aromatic carbocycles. The van der Waals surface area contributed by atoms with Gasteiger partial charge < -0.3 is 18.5 Å². The van der Waals surface area contributed by atoms with Crippen molar-refractivity contribution >= 4 is 5.91 Å². The van der Waals surface area contributed by atoms with Gasteiger partial charge in [-0.15, -0.1) is 0 Å². The Labute approximate surface area is 157 Å². The minimum atomic E-state index is -0.0529. The van der Waals surface area contributed by atoms with Gasteiger partial charge in [-0.2, -0.15) is 0 Å². The van der Waals surface area contributed by atoms with Gasteiger partial charge in [0.05, 0.1) is 19.1 Å². The molecular formula is C20H21N3O4. The topological polar surface area (TPSA) is 72.0 Å². The van der Waals surface area contributed by atoms with Crippen LogP contribution in [-0.4, -0.2) is 54.0 Å². The predicted molar refractivity (Wildman–Crippen MR) is 98.4 cm³/mol. The monoisotopic (exact) mass is 367 g/mol. The molecule has 3 aromatic rings. The number of methoxy groups -OCH3 is 1. The first-order chi connectivity index (χ1) is 13.2. The number of hydrogen-bond donors (Lipinski definition) is 0. The Bertz CT molecular complexity index is 878. The third-order valence-electron chi connectivity index (χ3n) is 4.67. The fourth-order valence-corrected chi connectivity index (χ4v) is 3.14. The van der Waals surface area contributed by atoms with E-state index in [1.54, 1.807) is 25.5 Å². The zero-order valence-corrected chi connectivity index (χ0v) is 15.1. The number of ether oxygens (including phenoxy) is 1. The van der Waals surface area contributed by atoms with Gasteiger partial charge in [0, 0.05) is 38.3 Å². The van der Waals surface area contributed by atoms with E-state index < -0.39 is 0 Å². The minimum Gasteiger partial charge on any atom is -0.497 e. The summed E-state index contributed by atoms with van der Waals surface area (Å²) in [5, 5.41) is 0. The zero-order valence-electron chi connectivity index (χ0n) is 15.1. The number of benzene rings is 1. The van der Waals surface area contributed by atoms with Crippen molar-refractivity contribution in [3.63, 3.8) is 0 Å². The molecule has 27 heavy (non-hydrogen) atoms. The van der Waals surface area contributed by atoms with Crippen LogP contribution in [0.1, 0.15) is 16.2 Å². The van der Waals surface area contributed by atoms with Crippen molar-refractivity contribution in [1.29, 1.82) is 0 Å². The number of furan rings is 1. The average molecular weight is 367 g/mol. The first kappa shape index (κ1) is 17.4. The van der Waals surface area contributed by atoms with E-state index in [1.807, 2.05) is 29.2 Å². The van der Waals surface area contributed by atoms with Gasteiger partial charge in [0.15, 0.2) is 5.76 Å². The van der Waals surface area contributed by atoms with Gasteiger partial charge in [-0.05, 0) is 36.4 Å². The summed E-state index contributed by atoms with van der Waals surface area (Å²) in [6.45, 7) is 3.61. The Morgan fingerprint density at radius 2 is 1.89 bits per heavy atom. The van der Waals surface area contributed by atoms with Crippen LogP contribution in [0.25, 0.3) is 11.5 Å². The van der Waals surface area contributed by atoms with Crippen LogP contribution in [0.5, 0.6) is 5.75 Å². The number of nitrogens with zero attached hydrogens (tertiary/aromatic N) is 3. The lowest BCUT2D eigenvalue weighted by atomic mass is 10.2. The molecule has 0 unspecified atom stereocenters. The van der Waals surface area contributed by atoms with Gasteiger partial charge in [0.2, 0.25) is 5.89 Å². The molecule has 2 aromatic heterocycles. The number of amides is 1. The zero-order chi connectivity index (χ0) is 18.6. The third kappa shape index (κ3) is 3.88. The second-order valence-corrected chi connectivity index (χ2v) is 6.42. The third-order valence-corrected chi connectivity index (χ3v) is 4.67. The molecule has 0 bridgehead atoms. The number of piperazine rings is 1. The molecule has 7 nitrogen and oxygen atoms in total. The van der Waals surface area contributed by atoms with Crippen LogP contribution in [0, 0.1) is 0 Å². The van der Waals surface area contributed by atoms with E-state index >= 15 is 0 Å². The summed E-state index contributed by atoms with van der Waals surface area (Å²) in [6, 6.07) is 11.0. The van der Waals surface area contributed by atoms with Crippen molar-refractivity contribution in [1.82, 2.24) is 14.8 Å². The minimum absolute atomic E-state index is 0.0529. The Kier molecular flexibility index (Phi) is 4.93. The maximum absolute atomic E-state index is 12.3. The molecule has 4 rings (SSSR count). The molecule has 7 heteroatoms. The lowest BCUT2D eigenvalue weighted by Crippen LogP contribution is -2.48. The van der Waals surface area contributed by atoms with Crippen LogP contribution >= 0.6 is 0 Å². The van der Waals surface area contributed by atoms with E-state index in [2.05, 4.69) is 9.88 Å². The molecule has 0 radical (unpaired) electrons. The normalized spacial score (nSPS) is 15.1. The SMILES string of the molecule is COc1ccc(-c2nc(CN3CCN(C(=O)c4ccco4)CC3)co2)cc1. The molecule has 1 aliphatic rings. The van der Waals surface area contributed by atoms with E-state index in [0.29, 0.717) is 31.3 Å². The van der Waals surface area contributed by atoms with Gasteiger partial charge in [0.1, 0.15) is 12.0 Å². The number of rotatable bonds is 5. The summed E-state index contributed by atoms with van der Waals surface area (Å²) in [5.74, 6) is 1.73. The number of aromatic nitrogens is 1. The maximum atomic E-state index is 12.3. The van der Waals surface area contributed by atoms with Gasteiger partial charge in [0.25, 0.3) is 5.91 Å². The molecule has 1 aliphatic heterocycles. The van der Waals surface area contributed by atoms with E-state index in [-0.39, 0.29) is 5.91 Å². The Morgan fingerprint density at radius 1 is 1.11 bits per heavy atom. The van der Waals surface area contributed by atoms with Gasteiger partial charge >= 0.3 is 0 Å². The summed E-state index contributed by atoms with van der Waals surface area (Å²) >= 11 is 0. The van der Waals surface area contributed by atoms with Gasteiger partial charge in [-0.3, -0.25) is 9.69 Å². The number of oxazole rings is 1. The highest BCUT2D eigenvalue weighted by molar-refractivity contribution is 5.91. The lowest BCUT2D eigenvalue weighted by Gasteiger charge is -2.33. The van der Waals surface area contributed by atoms with Crippen molar-refractivity contribution in [2.45, 2.75) is 6.54 Å². The smallest absolute Gasteiger partial charge is 0.289 e. The van der Waals surface area contributed by atoms with Crippen molar-refractivity contribution in [3.05, 3.63) is 60.4 Å². The van der Waals surface area contributed by atoms with Crippen LogP contribution in [0.15, 0.2) is 57.8 Å². The van der Waals surface area contributed by atoms with Crippen LogP contribution in [-0.2, 0) is 6.54 Å². The maximum Gasteiger partial charge on any atom is 0.289 e. The quantitative estimate of drug-likeness (QED) is 0.690. The predicted octanol–water partition coefficient (Wildman–Crippen LogP) is 2.90. The Balaban J connectivity index is 1.33. The van der Waals surface area contributed by atoms with E-state index in [1.165, 1.54) is 6.26 Å². The summed E-state index contributed by atoms with van der Waals surface area (Å²) in [5.41, 5.74) is 1.79. The van der Waals surface area contributed by atoms with E-state index in [9.17, 15) is 4.79 Å². The molecule has 0 aliphatic carbocycles. The summed E-state index contributed by atoms with van der Waals surface area (Å²) in [4.78, 5) is 21.0. The van der Waals surface area contributed by atoms with E-state index in [0.717, 1.165) is 30.1 Å². The molecule has 140 valence electrons. The molecule has 0 spiro atoms. The first-order valence-electron chi connectivity index (χ1n) is 8.87. The molecule has 1 saturated heterocycles. The molecule has 0 atom stereocenters. The van der Waals surface area contributed by atoms with Gasteiger partial charge in [-0.1, -0.05) is 0 Å². The number of carbonyl (C=O) groups excluding carboxylic acids is 1. The lowest BCUT2D eigenvalue weighted by molar-refractivity contribution is 0.0596. The summed E-state index contributed by atoms with van der Waals surface area (Å²) in [7, 11) is 1.64. The van der Waals surface area contributed by atoms with Crippen LogP contribution in [0.2, 0.25) is 0 Å². The molecule has 0 saturated carbocycles. The van der Waals surface area contributed by atoms with E-state index in [4.69, 9.17) is 13.6 Å². The first-order valence-corrected chi connectivity index (χ1v) is 8.87. The summed E-state index contributed by atoms with van der Waals surface area (Å²) < 4.78 is 16.0. The van der Waals surface area contributed by atoms with Crippen LogP contribution in [0.3, 0.4) is 0 Å². The number of carbonyl (C=O) groups is 1. The molecule has 1 fully saturated rings. The molecular weight excluding hydrogens is 346 g/mol. The van der Waals surface area contributed by atoms with Gasteiger partial charge in [-0.25, -0.2) is 4.98 Å². The highest BCUT2D eigenvalue weighted by Gasteiger charge is 2.24. The highest BCUT2D eigenvalue weighted by atomic mass is 16.5. The Morgan fingerprint density at radius 3 is 2.56 bits per heavy atom. The van der Waals surface area contributed by atoms with Crippen molar-refractivity contribution in [2.75, 3.05) is 33.3 Å². The standard InChI is InChI=1S/C20H21N3O4/c1-25-17-6-4-15(5-7-17)19-21-16(14-27-19)13-22-8-10-23(11-9-22)20(24)18-3-2-12-26-18/h2-7,12,14H,8-11,13H2,1H3. The fraction of sp³-hybridized carbons (Fsp3) is 0.300. The second-order valence-electron chi connectivity index (χ2n) is 6.42. The van der Waals surface area contributed by atoms with Crippen LogP contribution < -0.4 is 4.74 Å². The van der Waals surface area contributed by atoms with Crippen molar-refractivity contribution in [2.24, 2.45) is 0 Å². The molecule has 0 N–H and O–H groups in total. The Hall–Kier alpha value is -3.06. The highest BCUT2D eigenvalue weighted by Crippen LogP contribution is 2.22. The average Bonchev–Trinajstić information content (AvgIpc) is 3.40. The number of hydrogen-bond acceptors (Lipinski definition) is 6. The van der Waals surface area contributed by atoms with Crippen molar-refractivity contribution in [3.8, 4) is 17.2 Å². The summed E-state index contributed by atoms with van der Waals surface area (Å²) in [6.07, 6.45) is 3.22. The molecule has 3 heterocycles. The molecule has 1 amide bonds. The fourth-order valence-electron chi connectivity index (χ4n) is 3.14. The second kappa shape index (κ2) is 7.67.